The summed E-state index contributed by atoms with van der Waals surface area (Å²) in [6.07, 6.45) is 0.882. The van der Waals surface area contributed by atoms with Crippen LogP contribution in [0.4, 0.5) is 0 Å². The predicted molar refractivity (Wildman–Crippen MR) is 82.2 cm³/mol. The van der Waals surface area contributed by atoms with Gasteiger partial charge < -0.3 is 10.6 Å². The number of nitrogens with two attached hydrogens (primary N) is 1. The molecular formula is C15H19N5O2. The third kappa shape index (κ3) is 2.59. The van der Waals surface area contributed by atoms with E-state index < -0.39 is 0 Å². The summed E-state index contributed by atoms with van der Waals surface area (Å²) in [6, 6.07) is 6.98. The third-order valence-electron chi connectivity index (χ3n) is 4.32. The first-order chi connectivity index (χ1) is 10.5. The third-order valence-corrected chi connectivity index (χ3v) is 4.32. The quantitative estimate of drug-likeness (QED) is 0.860. The highest BCUT2D eigenvalue weighted by Crippen LogP contribution is 2.28. The topological polar surface area (TPSA) is 94.1 Å². The van der Waals surface area contributed by atoms with Gasteiger partial charge in [0.15, 0.2) is 0 Å². The van der Waals surface area contributed by atoms with E-state index in [-0.39, 0.29) is 23.4 Å². The van der Waals surface area contributed by atoms with Crippen molar-refractivity contribution in [2.75, 3.05) is 19.6 Å². The summed E-state index contributed by atoms with van der Waals surface area (Å²) in [5.41, 5.74) is 5.97. The molecule has 1 fully saturated rings. The Hall–Kier alpha value is -2.28. The molecule has 1 saturated heterocycles. The van der Waals surface area contributed by atoms with E-state index in [2.05, 4.69) is 17.2 Å². The minimum absolute atomic E-state index is 0.0321. The normalized spacial score (nSPS) is 21.5. The van der Waals surface area contributed by atoms with Crippen LogP contribution < -0.4 is 11.3 Å². The Bertz CT molecular complexity index is 772. The van der Waals surface area contributed by atoms with E-state index >= 15 is 0 Å². The second-order valence-electron chi connectivity index (χ2n) is 6.15. The molecule has 0 saturated carbocycles. The van der Waals surface area contributed by atoms with Gasteiger partial charge in [0.1, 0.15) is 12.1 Å². The number of rotatable bonds is 3. The molecule has 7 heteroatoms. The maximum Gasteiger partial charge on any atom is 0.278 e. The Labute approximate surface area is 127 Å². The lowest BCUT2D eigenvalue weighted by molar-refractivity contribution is -0.131. The van der Waals surface area contributed by atoms with Gasteiger partial charge in [-0.15, -0.1) is 5.10 Å². The molecule has 1 amide bonds. The molecule has 1 unspecified atom stereocenters. The van der Waals surface area contributed by atoms with E-state index in [4.69, 9.17) is 5.73 Å². The van der Waals surface area contributed by atoms with E-state index in [1.165, 1.54) is 0 Å². The number of fused-ring (bicyclic) bond motifs is 1. The lowest BCUT2D eigenvalue weighted by atomic mass is 9.90. The monoisotopic (exact) mass is 301 g/mol. The Morgan fingerprint density at radius 1 is 1.41 bits per heavy atom. The summed E-state index contributed by atoms with van der Waals surface area (Å²) >= 11 is 0. The van der Waals surface area contributed by atoms with Crippen LogP contribution in [0.5, 0.6) is 0 Å². The van der Waals surface area contributed by atoms with E-state index in [1.807, 2.05) is 0 Å². The molecule has 1 aromatic carbocycles. The van der Waals surface area contributed by atoms with Crippen LogP contribution in [0, 0.1) is 5.41 Å². The van der Waals surface area contributed by atoms with Gasteiger partial charge in [-0.2, -0.15) is 0 Å². The van der Waals surface area contributed by atoms with E-state index in [0.29, 0.717) is 30.5 Å². The molecule has 1 aliphatic rings. The molecular weight excluding hydrogens is 282 g/mol. The lowest BCUT2D eigenvalue weighted by Gasteiger charge is -2.22. The van der Waals surface area contributed by atoms with Crippen LogP contribution >= 0.6 is 0 Å². The molecule has 1 aliphatic heterocycles. The highest BCUT2D eigenvalue weighted by atomic mass is 16.2. The smallest absolute Gasteiger partial charge is 0.278 e. The Balaban J connectivity index is 1.81. The molecule has 2 aromatic rings. The summed E-state index contributed by atoms with van der Waals surface area (Å²) in [5, 5.41) is 8.32. The Kier molecular flexibility index (Phi) is 3.66. The van der Waals surface area contributed by atoms with Gasteiger partial charge in [0, 0.05) is 13.1 Å². The van der Waals surface area contributed by atoms with Crippen LogP contribution in [0.1, 0.15) is 13.3 Å². The van der Waals surface area contributed by atoms with Crippen molar-refractivity contribution in [3.05, 3.63) is 34.6 Å². The zero-order valence-corrected chi connectivity index (χ0v) is 12.5. The Morgan fingerprint density at radius 3 is 2.91 bits per heavy atom. The minimum Gasteiger partial charge on any atom is -0.340 e. The summed E-state index contributed by atoms with van der Waals surface area (Å²) in [4.78, 5) is 26.4. The molecule has 1 aromatic heterocycles. The van der Waals surface area contributed by atoms with Crippen molar-refractivity contribution in [2.45, 2.75) is 19.9 Å². The first-order valence-corrected chi connectivity index (χ1v) is 7.33. The number of amides is 1. The molecule has 3 rings (SSSR count). The summed E-state index contributed by atoms with van der Waals surface area (Å²) in [6.45, 7) is 3.83. The first kappa shape index (κ1) is 14.6. The zero-order valence-electron chi connectivity index (χ0n) is 12.5. The van der Waals surface area contributed by atoms with Gasteiger partial charge in [-0.05, 0) is 30.5 Å². The largest absolute Gasteiger partial charge is 0.340 e. The fourth-order valence-electron chi connectivity index (χ4n) is 2.76. The van der Waals surface area contributed by atoms with Gasteiger partial charge in [0.2, 0.25) is 5.91 Å². The molecule has 7 nitrogen and oxygen atoms in total. The Morgan fingerprint density at radius 2 is 2.18 bits per heavy atom. The zero-order chi connectivity index (χ0) is 15.7. The molecule has 0 bridgehead atoms. The maximum absolute atomic E-state index is 12.4. The summed E-state index contributed by atoms with van der Waals surface area (Å²) < 4.78 is 1.13. The van der Waals surface area contributed by atoms with Gasteiger partial charge in [-0.25, -0.2) is 4.68 Å². The van der Waals surface area contributed by atoms with Crippen LogP contribution in [-0.4, -0.2) is 45.4 Å². The highest BCUT2D eigenvalue weighted by molar-refractivity contribution is 5.78. The average molecular weight is 301 g/mol. The van der Waals surface area contributed by atoms with Crippen molar-refractivity contribution in [1.29, 1.82) is 0 Å². The van der Waals surface area contributed by atoms with Crippen molar-refractivity contribution in [1.82, 2.24) is 19.9 Å². The number of hydrogen-bond acceptors (Lipinski definition) is 5. The van der Waals surface area contributed by atoms with Gasteiger partial charge >= 0.3 is 0 Å². The minimum atomic E-state index is -0.292. The van der Waals surface area contributed by atoms with Crippen LogP contribution in [0.25, 0.3) is 10.9 Å². The number of likely N-dealkylation sites (tertiary alicyclic amines) is 1. The van der Waals surface area contributed by atoms with Crippen molar-refractivity contribution in [3.63, 3.8) is 0 Å². The second-order valence-corrected chi connectivity index (χ2v) is 6.15. The molecule has 0 radical (unpaired) electrons. The SMILES string of the molecule is CC1(CN)CCN(C(=O)Cn2nnc3ccccc3c2=O)C1. The first-order valence-electron chi connectivity index (χ1n) is 7.33. The van der Waals surface area contributed by atoms with Gasteiger partial charge in [-0.1, -0.05) is 24.3 Å². The van der Waals surface area contributed by atoms with Crippen molar-refractivity contribution >= 4 is 16.8 Å². The number of nitrogens with zero attached hydrogens (tertiary/aromatic N) is 4. The molecule has 22 heavy (non-hydrogen) atoms. The number of carbonyl (C=O) groups excluding carboxylic acids is 1. The maximum atomic E-state index is 12.4. The number of aromatic nitrogens is 3. The highest BCUT2D eigenvalue weighted by Gasteiger charge is 2.34. The summed E-state index contributed by atoms with van der Waals surface area (Å²) in [5.74, 6) is -0.121. The van der Waals surface area contributed by atoms with Crippen molar-refractivity contribution in [3.8, 4) is 0 Å². The van der Waals surface area contributed by atoms with Crippen LogP contribution in [0.15, 0.2) is 29.1 Å². The van der Waals surface area contributed by atoms with Crippen molar-refractivity contribution in [2.24, 2.45) is 11.1 Å². The van der Waals surface area contributed by atoms with Gasteiger partial charge in [0.25, 0.3) is 5.56 Å². The van der Waals surface area contributed by atoms with Gasteiger partial charge in [-0.3, -0.25) is 9.59 Å². The predicted octanol–water partition coefficient (Wildman–Crippen LogP) is -0.0112. The fraction of sp³-hybridized carbons (Fsp3) is 0.467. The van der Waals surface area contributed by atoms with Crippen LogP contribution in [0.2, 0.25) is 0 Å². The number of benzene rings is 1. The number of carbonyl (C=O) groups is 1. The van der Waals surface area contributed by atoms with Gasteiger partial charge in [0.05, 0.1) is 5.39 Å². The van der Waals surface area contributed by atoms with Crippen LogP contribution in [0.3, 0.4) is 0 Å². The van der Waals surface area contributed by atoms with Crippen LogP contribution in [-0.2, 0) is 11.3 Å². The van der Waals surface area contributed by atoms with E-state index in [1.54, 1.807) is 29.2 Å². The second kappa shape index (κ2) is 5.49. The van der Waals surface area contributed by atoms with E-state index in [0.717, 1.165) is 11.1 Å². The lowest BCUT2D eigenvalue weighted by Crippen LogP contribution is -2.38. The standard InChI is InChI=1S/C15H19N5O2/c1-15(9-16)6-7-19(10-15)13(21)8-20-14(22)11-4-2-3-5-12(11)17-18-20/h2-5H,6-10,16H2,1H3. The fourth-order valence-corrected chi connectivity index (χ4v) is 2.76. The molecule has 0 spiro atoms. The molecule has 2 N–H and O–H groups in total. The van der Waals surface area contributed by atoms with E-state index in [9.17, 15) is 9.59 Å². The number of hydrogen-bond donors (Lipinski definition) is 1. The molecule has 1 atom stereocenters. The average Bonchev–Trinajstić information content (AvgIpc) is 2.94. The molecule has 116 valence electrons. The van der Waals surface area contributed by atoms with Crippen molar-refractivity contribution < 1.29 is 4.79 Å². The molecule has 2 heterocycles. The summed E-state index contributed by atoms with van der Waals surface area (Å²) in [7, 11) is 0. The molecule has 0 aliphatic carbocycles.